The van der Waals surface area contributed by atoms with E-state index in [4.69, 9.17) is 0 Å². The van der Waals surface area contributed by atoms with E-state index in [0.29, 0.717) is 17.9 Å². The molecule has 1 amide bonds. The number of halogens is 1. The maximum absolute atomic E-state index is 12.4. The highest BCUT2D eigenvalue weighted by Crippen LogP contribution is 2.43. The fraction of sp³-hybridized carbons (Fsp3) is 0.923. The second-order valence-electron chi connectivity index (χ2n) is 5.51. The predicted molar refractivity (Wildman–Crippen MR) is 72.4 cm³/mol. The van der Waals surface area contributed by atoms with Crippen LogP contribution in [0, 0.1) is 11.3 Å². The molecule has 2 fully saturated rings. The average Bonchev–Trinajstić information content (AvgIpc) is 2.73. The summed E-state index contributed by atoms with van der Waals surface area (Å²) in [6, 6.07) is 0.310. The Morgan fingerprint density at radius 3 is 3.00 bits per heavy atom. The van der Waals surface area contributed by atoms with Gasteiger partial charge in [0.25, 0.3) is 0 Å². The van der Waals surface area contributed by atoms with Crippen LogP contribution in [-0.4, -0.2) is 25.0 Å². The number of hydrogen-bond donors (Lipinski definition) is 2. The second kappa shape index (κ2) is 6.05. The molecule has 2 N–H and O–H groups in total. The minimum atomic E-state index is -0.0817. The molecule has 0 aromatic carbocycles. The Morgan fingerprint density at radius 2 is 2.29 bits per heavy atom. The van der Waals surface area contributed by atoms with Crippen LogP contribution in [0.5, 0.6) is 0 Å². The van der Waals surface area contributed by atoms with Crippen molar-refractivity contribution in [1.29, 1.82) is 0 Å². The van der Waals surface area contributed by atoms with Crippen molar-refractivity contribution >= 4 is 18.3 Å². The molecule has 1 aliphatic carbocycles. The molecule has 1 aliphatic heterocycles. The van der Waals surface area contributed by atoms with Crippen molar-refractivity contribution in [2.24, 2.45) is 11.3 Å². The van der Waals surface area contributed by atoms with Crippen molar-refractivity contribution < 1.29 is 4.79 Å². The van der Waals surface area contributed by atoms with E-state index in [9.17, 15) is 4.79 Å². The van der Waals surface area contributed by atoms with Gasteiger partial charge in [-0.3, -0.25) is 4.79 Å². The van der Waals surface area contributed by atoms with Crippen LogP contribution in [0.4, 0.5) is 0 Å². The lowest BCUT2D eigenvalue weighted by atomic mass is 9.67. The van der Waals surface area contributed by atoms with Gasteiger partial charge < -0.3 is 10.6 Å². The summed E-state index contributed by atoms with van der Waals surface area (Å²) in [5, 5.41) is 6.60. The number of carbonyl (C=O) groups excluding carboxylic acids is 1. The zero-order chi connectivity index (χ0) is 11.6. The van der Waals surface area contributed by atoms with Crippen LogP contribution in [0.1, 0.15) is 46.0 Å². The lowest BCUT2D eigenvalue weighted by Gasteiger charge is -2.37. The Labute approximate surface area is 111 Å². The Kier molecular flexibility index (Phi) is 5.26. The quantitative estimate of drug-likeness (QED) is 0.816. The third kappa shape index (κ3) is 2.76. The summed E-state index contributed by atoms with van der Waals surface area (Å²) in [5.74, 6) is 0.877. The molecule has 2 aliphatic rings. The van der Waals surface area contributed by atoms with Crippen LogP contribution >= 0.6 is 12.4 Å². The molecular formula is C13H25ClN2O. The Hall–Kier alpha value is -0.280. The molecule has 0 aromatic rings. The lowest BCUT2D eigenvalue weighted by molar-refractivity contribution is -0.134. The van der Waals surface area contributed by atoms with Gasteiger partial charge in [-0.15, -0.1) is 12.4 Å². The molecule has 1 saturated heterocycles. The number of fused-ring (bicyclic) bond motifs is 1. The molecule has 2 rings (SSSR count). The SMILES string of the molecule is CCC(C)NC(=O)[C@@]12CCCC[C@H]1CNC2.Cl. The van der Waals surface area contributed by atoms with E-state index in [0.717, 1.165) is 25.9 Å². The van der Waals surface area contributed by atoms with E-state index in [1.165, 1.54) is 19.3 Å². The second-order valence-corrected chi connectivity index (χ2v) is 5.51. The molecule has 0 aromatic heterocycles. The Bertz CT molecular complexity index is 272. The number of hydrogen-bond acceptors (Lipinski definition) is 2. The van der Waals surface area contributed by atoms with E-state index < -0.39 is 0 Å². The van der Waals surface area contributed by atoms with Crippen molar-refractivity contribution in [2.75, 3.05) is 13.1 Å². The van der Waals surface area contributed by atoms with Gasteiger partial charge in [0.2, 0.25) is 5.91 Å². The molecule has 3 atom stereocenters. The van der Waals surface area contributed by atoms with Crippen molar-refractivity contribution in [3.63, 3.8) is 0 Å². The van der Waals surface area contributed by atoms with Crippen LogP contribution in [0.3, 0.4) is 0 Å². The smallest absolute Gasteiger partial charge is 0.228 e. The molecule has 4 heteroatoms. The highest BCUT2D eigenvalue weighted by atomic mass is 35.5. The van der Waals surface area contributed by atoms with Crippen LogP contribution in [-0.2, 0) is 4.79 Å². The fourth-order valence-electron chi connectivity index (χ4n) is 3.16. The first-order valence-electron chi connectivity index (χ1n) is 6.70. The number of carbonyl (C=O) groups is 1. The van der Waals surface area contributed by atoms with E-state index in [2.05, 4.69) is 24.5 Å². The standard InChI is InChI=1S/C13H24N2O.ClH/c1-3-10(2)15-12(16)13-7-5-4-6-11(13)8-14-9-13;/h10-11,14H,3-9H2,1-2H3,(H,15,16);1H/t10?,11-,13+;/m0./s1. The molecule has 17 heavy (non-hydrogen) atoms. The third-order valence-electron chi connectivity index (χ3n) is 4.48. The largest absolute Gasteiger partial charge is 0.353 e. The summed E-state index contributed by atoms with van der Waals surface area (Å²) in [5.41, 5.74) is -0.0817. The van der Waals surface area contributed by atoms with Gasteiger partial charge in [-0.1, -0.05) is 19.8 Å². The molecule has 100 valence electrons. The lowest BCUT2D eigenvalue weighted by Crippen LogP contribution is -2.50. The van der Waals surface area contributed by atoms with Crippen molar-refractivity contribution in [3.05, 3.63) is 0 Å². The van der Waals surface area contributed by atoms with Crippen LogP contribution in [0.25, 0.3) is 0 Å². The molecule has 1 heterocycles. The van der Waals surface area contributed by atoms with E-state index in [1.54, 1.807) is 0 Å². The van der Waals surface area contributed by atoms with Gasteiger partial charge in [0, 0.05) is 12.6 Å². The Balaban J connectivity index is 0.00000144. The molecule has 1 saturated carbocycles. The van der Waals surface area contributed by atoms with Gasteiger partial charge in [-0.2, -0.15) is 0 Å². The van der Waals surface area contributed by atoms with E-state index in [1.807, 2.05) is 0 Å². The van der Waals surface area contributed by atoms with Gasteiger partial charge in [0.15, 0.2) is 0 Å². The normalized spacial score (nSPS) is 33.4. The van der Waals surface area contributed by atoms with Crippen molar-refractivity contribution in [3.8, 4) is 0 Å². The van der Waals surface area contributed by atoms with E-state index >= 15 is 0 Å². The first-order valence-corrected chi connectivity index (χ1v) is 6.70. The van der Waals surface area contributed by atoms with Gasteiger partial charge in [0.1, 0.15) is 0 Å². The van der Waals surface area contributed by atoms with Crippen molar-refractivity contribution in [1.82, 2.24) is 10.6 Å². The third-order valence-corrected chi connectivity index (χ3v) is 4.48. The summed E-state index contributed by atoms with van der Waals surface area (Å²) in [7, 11) is 0. The maximum atomic E-state index is 12.4. The summed E-state index contributed by atoms with van der Waals surface area (Å²) in [4.78, 5) is 12.4. The summed E-state index contributed by atoms with van der Waals surface area (Å²) in [6.45, 7) is 6.14. The molecule has 0 radical (unpaired) electrons. The highest BCUT2D eigenvalue weighted by Gasteiger charge is 2.49. The zero-order valence-electron chi connectivity index (χ0n) is 10.9. The van der Waals surface area contributed by atoms with Crippen LogP contribution < -0.4 is 10.6 Å². The zero-order valence-corrected chi connectivity index (χ0v) is 11.7. The summed E-state index contributed by atoms with van der Waals surface area (Å²) < 4.78 is 0. The number of amides is 1. The minimum Gasteiger partial charge on any atom is -0.353 e. The molecule has 3 nitrogen and oxygen atoms in total. The van der Waals surface area contributed by atoms with Gasteiger partial charge >= 0.3 is 0 Å². The average molecular weight is 261 g/mol. The van der Waals surface area contributed by atoms with Gasteiger partial charge in [-0.25, -0.2) is 0 Å². The predicted octanol–water partition coefficient (Wildman–Crippen LogP) is 2.10. The van der Waals surface area contributed by atoms with Crippen molar-refractivity contribution in [2.45, 2.75) is 52.0 Å². The van der Waals surface area contributed by atoms with Gasteiger partial charge in [-0.05, 0) is 38.6 Å². The topological polar surface area (TPSA) is 41.1 Å². The first kappa shape index (κ1) is 14.8. The fourth-order valence-corrected chi connectivity index (χ4v) is 3.16. The van der Waals surface area contributed by atoms with Crippen LogP contribution in [0.2, 0.25) is 0 Å². The van der Waals surface area contributed by atoms with E-state index in [-0.39, 0.29) is 17.8 Å². The minimum absolute atomic E-state index is 0. The number of rotatable bonds is 3. The summed E-state index contributed by atoms with van der Waals surface area (Å²) >= 11 is 0. The monoisotopic (exact) mass is 260 g/mol. The Morgan fingerprint density at radius 1 is 1.53 bits per heavy atom. The molecular weight excluding hydrogens is 236 g/mol. The maximum Gasteiger partial charge on any atom is 0.228 e. The first-order chi connectivity index (χ1) is 7.69. The van der Waals surface area contributed by atoms with Gasteiger partial charge in [0.05, 0.1) is 5.41 Å². The highest BCUT2D eigenvalue weighted by molar-refractivity contribution is 5.85. The van der Waals surface area contributed by atoms with Crippen LogP contribution in [0.15, 0.2) is 0 Å². The molecule has 0 bridgehead atoms. The molecule has 1 unspecified atom stereocenters. The molecule has 0 spiro atoms. The number of nitrogens with one attached hydrogen (secondary N) is 2. The summed E-state index contributed by atoms with van der Waals surface area (Å²) in [6.07, 6.45) is 5.82.